The Morgan fingerprint density at radius 3 is 2.37 bits per heavy atom. The number of hydrogen-bond donors (Lipinski definition) is 3. The number of aromatic nitrogens is 2. The van der Waals surface area contributed by atoms with Gasteiger partial charge in [0.15, 0.2) is 6.67 Å². The number of aromatic hydroxyl groups is 1. The van der Waals surface area contributed by atoms with Crippen molar-refractivity contribution in [2.24, 2.45) is 0 Å². The van der Waals surface area contributed by atoms with Gasteiger partial charge < -0.3 is 19.3 Å². The Bertz CT molecular complexity index is 820. The number of likely N-dealkylation sites (tertiary alicyclic amines) is 2. The molecule has 0 amide bonds. The first-order chi connectivity index (χ1) is 13.2. The topological polar surface area (TPSA) is 60.1 Å². The van der Waals surface area contributed by atoms with Gasteiger partial charge in [-0.1, -0.05) is 0 Å². The predicted octanol–water partition coefficient (Wildman–Crippen LogP) is 1.17. The number of benzene rings is 1. The minimum absolute atomic E-state index is 0.354. The summed E-state index contributed by atoms with van der Waals surface area (Å²) < 4.78 is 7.61. The monoisotopic (exact) mass is 390 g/mol. The Morgan fingerprint density at radius 1 is 1.00 bits per heavy atom. The molecule has 2 aromatic rings. The van der Waals surface area contributed by atoms with E-state index in [4.69, 9.17) is 16.6 Å². The molecule has 3 N–H and O–H groups in total. The quantitative estimate of drug-likeness (QED) is 0.671. The van der Waals surface area contributed by atoms with Gasteiger partial charge in [-0.3, -0.25) is 0 Å². The van der Waals surface area contributed by atoms with Crippen molar-refractivity contribution in [3.63, 3.8) is 0 Å². The van der Waals surface area contributed by atoms with Crippen molar-refractivity contribution in [2.75, 3.05) is 26.2 Å². The molecule has 0 radical (unpaired) electrons. The maximum atomic E-state index is 10.3. The summed E-state index contributed by atoms with van der Waals surface area (Å²) in [4.78, 5) is 3.48. The molecule has 1 aromatic carbocycles. The minimum atomic E-state index is 0.354. The van der Waals surface area contributed by atoms with E-state index in [0.29, 0.717) is 16.5 Å². The summed E-state index contributed by atoms with van der Waals surface area (Å²) in [6.45, 7) is 6.32. The van der Waals surface area contributed by atoms with E-state index in [9.17, 15) is 5.11 Å². The average molecular weight is 391 g/mol. The zero-order valence-electron chi connectivity index (χ0n) is 15.9. The van der Waals surface area contributed by atoms with Crippen molar-refractivity contribution < 1.29 is 19.3 Å². The molecule has 0 aliphatic carbocycles. The fourth-order valence-corrected chi connectivity index (χ4v) is 4.49. The summed E-state index contributed by atoms with van der Waals surface area (Å²) in [5, 5.41) is 14.9. The Labute approximate surface area is 165 Å². The maximum absolute atomic E-state index is 10.3. The van der Waals surface area contributed by atoms with Crippen LogP contribution in [-0.2, 0) is 13.2 Å². The summed E-state index contributed by atoms with van der Waals surface area (Å²) in [6.07, 6.45) is 7.74. The molecule has 1 aromatic heterocycles. The predicted molar refractivity (Wildman–Crippen MR) is 105 cm³/mol. The van der Waals surface area contributed by atoms with Gasteiger partial charge in [-0.05, 0) is 68.9 Å². The van der Waals surface area contributed by atoms with E-state index in [2.05, 4.69) is 5.10 Å². The van der Waals surface area contributed by atoms with Gasteiger partial charge in [0, 0.05) is 11.1 Å². The van der Waals surface area contributed by atoms with E-state index in [0.717, 1.165) is 24.3 Å². The first kappa shape index (κ1) is 18.7. The zero-order chi connectivity index (χ0) is 18.6. The minimum Gasteiger partial charge on any atom is -0.507 e. The van der Waals surface area contributed by atoms with Crippen molar-refractivity contribution in [1.29, 1.82) is 0 Å². The highest BCUT2D eigenvalue weighted by molar-refractivity contribution is 7.71. The van der Waals surface area contributed by atoms with E-state index in [-0.39, 0.29) is 0 Å². The number of phenolic OH excluding ortho intramolecular Hbond substituents is 1. The molecule has 3 heterocycles. The lowest BCUT2D eigenvalue weighted by molar-refractivity contribution is -0.928. The standard InChI is InChI=1S/C20H28N4O2S/c25-18-8-7-16(13-17(18)14-22-9-3-1-4-10-22)19-21-24(20(27)26-19)15-23-11-5-2-6-12-23/h7-8,13,25H,1-6,9-12,14-15H2/p+2. The van der Waals surface area contributed by atoms with Crippen LogP contribution in [0.2, 0.25) is 0 Å². The zero-order valence-corrected chi connectivity index (χ0v) is 16.7. The molecule has 2 aliphatic heterocycles. The lowest BCUT2D eigenvalue weighted by Crippen LogP contribution is -3.12. The molecular formula is C20H30N4O2S+2. The van der Waals surface area contributed by atoms with Gasteiger partial charge in [-0.2, -0.15) is 4.68 Å². The fourth-order valence-electron chi connectivity index (χ4n) is 4.30. The van der Waals surface area contributed by atoms with Crippen LogP contribution >= 0.6 is 12.2 Å². The molecule has 146 valence electrons. The highest BCUT2D eigenvalue weighted by atomic mass is 32.1. The molecular weight excluding hydrogens is 360 g/mol. The third-order valence-electron chi connectivity index (χ3n) is 5.87. The Kier molecular flexibility index (Phi) is 5.90. The largest absolute Gasteiger partial charge is 0.507 e. The van der Waals surface area contributed by atoms with Crippen molar-refractivity contribution in [1.82, 2.24) is 9.78 Å². The highest BCUT2D eigenvalue weighted by Crippen LogP contribution is 2.25. The number of hydrogen-bond acceptors (Lipinski definition) is 4. The molecule has 2 saturated heterocycles. The van der Waals surface area contributed by atoms with Gasteiger partial charge >= 0.3 is 0 Å². The second-order valence-electron chi connectivity index (χ2n) is 7.97. The smallest absolute Gasteiger partial charge is 0.292 e. The van der Waals surface area contributed by atoms with E-state index in [1.165, 1.54) is 74.5 Å². The SMILES string of the molecule is Oc1ccc(-c2nn(C[NH+]3CCCCC3)c(=S)o2)cc1C[NH+]1CCCCC1. The maximum Gasteiger partial charge on any atom is 0.292 e. The molecule has 27 heavy (non-hydrogen) atoms. The van der Waals surface area contributed by atoms with Crippen molar-refractivity contribution in [3.05, 3.63) is 28.6 Å². The molecule has 0 spiro atoms. The molecule has 7 heteroatoms. The van der Waals surface area contributed by atoms with Gasteiger partial charge in [0.05, 0.1) is 26.2 Å². The van der Waals surface area contributed by atoms with Crippen molar-refractivity contribution in [3.8, 4) is 17.2 Å². The first-order valence-corrected chi connectivity index (χ1v) is 10.7. The molecule has 6 nitrogen and oxygen atoms in total. The number of piperidine rings is 2. The van der Waals surface area contributed by atoms with Crippen LogP contribution in [0.5, 0.6) is 5.75 Å². The normalized spacial score (nSPS) is 19.4. The van der Waals surface area contributed by atoms with E-state index in [1.807, 2.05) is 16.8 Å². The number of rotatable bonds is 5. The molecule has 0 atom stereocenters. The molecule has 2 aliphatic rings. The van der Waals surface area contributed by atoms with E-state index >= 15 is 0 Å². The van der Waals surface area contributed by atoms with Gasteiger partial charge in [0.25, 0.3) is 4.84 Å². The van der Waals surface area contributed by atoms with Crippen LogP contribution < -0.4 is 9.80 Å². The molecule has 4 rings (SSSR count). The van der Waals surface area contributed by atoms with Gasteiger partial charge in [-0.25, -0.2) is 0 Å². The second-order valence-corrected chi connectivity index (χ2v) is 8.32. The summed E-state index contributed by atoms with van der Waals surface area (Å²) in [6, 6.07) is 5.63. The molecule has 0 unspecified atom stereocenters. The Balaban J connectivity index is 1.51. The van der Waals surface area contributed by atoms with Gasteiger partial charge in [0.1, 0.15) is 12.3 Å². The van der Waals surface area contributed by atoms with Crippen LogP contribution in [0.3, 0.4) is 0 Å². The molecule has 2 fully saturated rings. The average Bonchev–Trinajstić information content (AvgIpc) is 3.06. The molecule has 0 bridgehead atoms. The van der Waals surface area contributed by atoms with Crippen LogP contribution in [-0.4, -0.2) is 41.1 Å². The second kappa shape index (κ2) is 8.54. The van der Waals surface area contributed by atoms with E-state index < -0.39 is 0 Å². The lowest BCUT2D eigenvalue weighted by Gasteiger charge is -2.23. The van der Waals surface area contributed by atoms with Crippen LogP contribution in [0.1, 0.15) is 44.1 Å². The number of quaternary nitrogens is 2. The summed E-state index contributed by atoms with van der Waals surface area (Å²) in [5.74, 6) is 0.902. The third-order valence-corrected chi connectivity index (χ3v) is 6.16. The first-order valence-electron chi connectivity index (χ1n) is 10.3. The van der Waals surface area contributed by atoms with Crippen LogP contribution in [0, 0.1) is 4.84 Å². The summed E-state index contributed by atoms with van der Waals surface area (Å²) in [7, 11) is 0. The van der Waals surface area contributed by atoms with Crippen molar-refractivity contribution in [2.45, 2.75) is 51.7 Å². The highest BCUT2D eigenvalue weighted by Gasteiger charge is 2.19. The van der Waals surface area contributed by atoms with Gasteiger partial charge in [-0.15, -0.1) is 5.10 Å². The molecule has 0 saturated carbocycles. The van der Waals surface area contributed by atoms with E-state index in [1.54, 1.807) is 6.07 Å². The Hall–Kier alpha value is -1.70. The summed E-state index contributed by atoms with van der Waals surface area (Å²) in [5.41, 5.74) is 1.85. The lowest BCUT2D eigenvalue weighted by atomic mass is 10.1. The van der Waals surface area contributed by atoms with Gasteiger partial charge in [0.2, 0.25) is 5.89 Å². The summed E-state index contributed by atoms with van der Waals surface area (Å²) >= 11 is 5.40. The fraction of sp³-hybridized carbons (Fsp3) is 0.600. The van der Waals surface area contributed by atoms with Crippen LogP contribution in [0.4, 0.5) is 0 Å². The number of nitrogens with one attached hydrogen (secondary N) is 2. The number of nitrogens with zero attached hydrogens (tertiary/aromatic N) is 2. The number of phenols is 1. The van der Waals surface area contributed by atoms with Crippen molar-refractivity contribution >= 4 is 12.2 Å². The Morgan fingerprint density at radius 2 is 1.67 bits per heavy atom. The third kappa shape index (κ3) is 4.59. The van der Waals surface area contributed by atoms with Crippen LogP contribution in [0.25, 0.3) is 11.5 Å². The van der Waals surface area contributed by atoms with Crippen LogP contribution in [0.15, 0.2) is 22.6 Å².